The third-order valence-electron chi connectivity index (χ3n) is 3.23. The van der Waals surface area contributed by atoms with E-state index in [0.29, 0.717) is 12.4 Å². The van der Waals surface area contributed by atoms with Gasteiger partial charge < -0.3 is 4.74 Å². The Labute approximate surface area is 105 Å². The number of ether oxygens (including phenoxy) is 1. The van der Waals surface area contributed by atoms with Gasteiger partial charge in [0.15, 0.2) is 9.84 Å². The van der Waals surface area contributed by atoms with E-state index in [9.17, 15) is 8.42 Å². The zero-order valence-electron chi connectivity index (χ0n) is 10.7. The minimum Gasteiger partial charge on any atom is -0.502 e. The summed E-state index contributed by atoms with van der Waals surface area (Å²) in [5, 5.41) is -0.128. The second-order valence-corrected chi connectivity index (χ2v) is 7.07. The molecule has 3 nitrogen and oxygen atoms in total. The average Bonchev–Trinajstić information content (AvgIpc) is 2.28. The molecule has 1 heterocycles. The van der Waals surface area contributed by atoms with E-state index in [1.807, 2.05) is 13.0 Å². The van der Waals surface area contributed by atoms with Crippen molar-refractivity contribution in [3.63, 3.8) is 0 Å². The molecule has 1 saturated heterocycles. The summed E-state index contributed by atoms with van der Waals surface area (Å²) in [5.41, 5.74) is 0. The Bertz CT molecular complexity index is 320. The first kappa shape index (κ1) is 14.6. The molecule has 1 fully saturated rings. The molecule has 1 aliphatic heterocycles. The molecule has 100 valence electrons. The second-order valence-electron chi connectivity index (χ2n) is 4.67. The summed E-state index contributed by atoms with van der Waals surface area (Å²) >= 11 is 0. The van der Waals surface area contributed by atoms with Crippen molar-refractivity contribution in [2.75, 3.05) is 12.4 Å². The van der Waals surface area contributed by atoms with Crippen molar-refractivity contribution in [3.05, 3.63) is 12.3 Å². The maximum absolute atomic E-state index is 12.0. The van der Waals surface area contributed by atoms with Crippen molar-refractivity contribution < 1.29 is 13.2 Å². The van der Waals surface area contributed by atoms with Crippen LogP contribution in [-0.2, 0) is 14.6 Å². The summed E-state index contributed by atoms with van der Waals surface area (Å²) in [5.74, 6) is 0.382. The van der Waals surface area contributed by atoms with Crippen LogP contribution in [0.2, 0.25) is 0 Å². The fraction of sp³-hybridized carbons (Fsp3) is 0.846. The molecule has 17 heavy (non-hydrogen) atoms. The molecule has 0 radical (unpaired) electrons. The highest BCUT2D eigenvalue weighted by molar-refractivity contribution is 7.92. The first-order valence-corrected chi connectivity index (χ1v) is 8.32. The molecular weight excluding hydrogens is 236 g/mol. The fourth-order valence-electron chi connectivity index (χ4n) is 2.26. The molecule has 1 unspecified atom stereocenters. The van der Waals surface area contributed by atoms with Gasteiger partial charge in [-0.15, -0.1) is 0 Å². The zero-order chi connectivity index (χ0) is 12.6. The highest BCUT2D eigenvalue weighted by atomic mass is 32.2. The van der Waals surface area contributed by atoms with E-state index in [1.165, 1.54) is 6.42 Å². The molecule has 4 heteroatoms. The minimum absolute atomic E-state index is 0.128. The van der Waals surface area contributed by atoms with Gasteiger partial charge in [-0.05, 0) is 32.6 Å². The molecule has 0 N–H and O–H groups in total. The molecule has 0 amide bonds. The normalized spacial score (nSPS) is 25.4. The van der Waals surface area contributed by atoms with Gasteiger partial charge in [0.1, 0.15) is 0 Å². The Hall–Kier alpha value is -0.510. The number of sulfone groups is 1. The van der Waals surface area contributed by atoms with Crippen LogP contribution in [0.3, 0.4) is 0 Å². The molecule has 1 aliphatic rings. The number of allylic oxidation sites excluding steroid dienone is 1. The van der Waals surface area contributed by atoms with Crippen LogP contribution in [0.5, 0.6) is 0 Å². The van der Waals surface area contributed by atoms with Crippen LogP contribution in [0, 0.1) is 0 Å². The van der Waals surface area contributed by atoms with Crippen molar-refractivity contribution in [2.45, 2.75) is 57.1 Å². The predicted molar refractivity (Wildman–Crippen MR) is 70.7 cm³/mol. The van der Waals surface area contributed by atoms with E-state index >= 15 is 0 Å². The molecular formula is C13H24O3S. The Morgan fingerprint density at radius 3 is 2.76 bits per heavy atom. The Kier molecular flexibility index (Phi) is 6.63. The fourth-order valence-corrected chi connectivity index (χ4v) is 4.25. The standard InChI is InChI=1S/C13H24O3S/c1-2-10-16-11-7-9-13-8-5-3-4-6-12-17(13,14)15/h2,10,13H,3-9,11-12H2,1H3/b10-2+. The highest BCUT2D eigenvalue weighted by Crippen LogP contribution is 2.22. The Balaban J connectivity index is 2.36. The number of hydrogen-bond donors (Lipinski definition) is 0. The molecule has 0 aliphatic carbocycles. The van der Waals surface area contributed by atoms with Gasteiger partial charge in [0, 0.05) is 0 Å². The monoisotopic (exact) mass is 260 g/mol. The van der Waals surface area contributed by atoms with Crippen LogP contribution in [0.4, 0.5) is 0 Å². The van der Waals surface area contributed by atoms with Crippen molar-refractivity contribution in [1.29, 1.82) is 0 Å². The first-order chi connectivity index (χ1) is 8.17. The van der Waals surface area contributed by atoms with Gasteiger partial charge in [-0.1, -0.05) is 25.3 Å². The van der Waals surface area contributed by atoms with E-state index in [1.54, 1.807) is 6.26 Å². The summed E-state index contributed by atoms with van der Waals surface area (Å²) in [6.07, 6.45) is 10.1. The lowest BCUT2D eigenvalue weighted by atomic mass is 10.1. The van der Waals surface area contributed by atoms with Gasteiger partial charge in [0.2, 0.25) is 0 Å². The predicted octanol–water partition coefficient (Wildman–Crippen LogP) is 3.06. The summed E-state index contributed by atoms with van der Waals surface area (Å²) < 4.78 is 29.3. The van der Waals surface area contributed by atoms with Crippen molar-refractivity contribution in [1.82, 2.24) is 0 Å². The second kappa shape index (κ2) is 7.75. The van der Waals surface area contributed by atoms with Gasteiger partial charge in [-0.2, -0.15) is 0 Å². The van der Waals surface area contributed by atoms with Crippen LogP contribution in [0.15, 0.2) is 12.3 Å². The quantitative estimate of drug-likeness (QED) is 0.563. The minimum atomic E-state index is -2.85. The lowest BCUT2D eigenvalue weighted by molar-refractivity contribution is 0.240. The maximum atomic E-state index is 12.0. The summed E-state index contributed by atoms with van der Waals surface area (Å²) in [6, 6.07) is 0. The van der Waals surface area contributed by atoms with Crippen LogP contribution >= 0.6 is 0 Å². The van der Waals surface area contributed by atoms with Crippen LogP contribution in [-0.4, -0.2) is 26.0 Å². The van der Waals surface area contributed by atoms with Gasteiger partial charge in [-0.3, -0.25) is 0 Å². The third-order valence-corrected chi connectivity index (χ3v) is 5.58. The largest absolute Gasteiger partial charge is 0.502 e. The third kappa shape index (κ3) is 5.57. The van der Waals surface area contributed by atoms with E-state index in [2.05, 4.69) is 0 Å². The van der Waals surface area contributed by atoms with E-state index in [0.717, 1.165) is 38.5 Å². The zero-order valence-corrected chi connectivity index (χ0v) is 11.5. The summed E-state index contributed by atoms with van der Waals surface area (Å²) in [6.45, 7) is 2.52. The van der Waals surface area contributed by atoms with Gasteiger partial charge >= 0.3 is 0 Å². The Morgan fingerprint density at radius 2 is 2.00 bits per heavy atom. The molecule has 0 bridgehead atoms. The highest BCUT2D eigenvalue weighted by Gasteiger charge is 2.25. The van der Waals surface area contributed by atoms with E-state index in [4.69, 9.17) is 4.74 Å². The smallest absolute Gasteiger partial charge is 0.153 e. The van der Waals surface area contributed by atoms with E-state index < -0.39 is 9.84 Å². The number of rotatable bonds is 5. The average molecular weight is 260 g/mol. The molecule has 0 aromatic heterocycles. The van der Waals surface area contributed by atoms with Crippen molar-refractivity contribution >= 4 is 9.84 Å². The van der Waals surface area contributed by atoms with Gasteiger partial charge in [0.25, 0.3) is 0 Å². The van der Waals surface area contributed by atoms with E-state index in [-0.39, 0.29) is 5.25 Å². The van der Waals surface area contributed by atoms with Crippen LogP contribution in [0.1, 0.15) is 51.9 Å². The molecule has 1 rings (SSSR count). The lowest BCUT2D eigenvalue weighted by Gasteiger charge is -2.20. The van der Waals surface area contributed by atoms with Crippen molar-refractivity contribution in [2.24, 2.45) is 0 Å². The maximum Gasteiger partial charge on any atom is 0.153 e. The summed E-state index contributed by atoms with van der Waals surface area (Å²) in [4.78, 5) is 0. The number of hydrogen-bond acceptors (Lipinski definition) is 3. The van der Waals surface area contributed by atoms with Crippen LogP contribution < -0.4 is 0 Å². The molecule has 0 spiro atoms. The first-order valence-electron chi connectivity index (χ1n) is 6.61. The SMILES string of the molecule is C/C=C/OCCCC1CCCCCCS1(=O)=O. The van der Waals surface area contributed by atoms with Crippen molar-refractivity contribution in [3.8, 4) is 0 Å². The topological polar surface area (TPSA) is 43.4 Å². The lowest BCUT2D eigenvalue weighted by Crippen LogP contribution is -2.26. The molecule has 0 aromatic rings. The van der Waals surface area contributed by atoms with Gasteiger partial charge in [0.05, 0.1) is 23.9 Å². The summed E-state index contributed by atoms with van der Waals surface area (Å²) in [7, 11) is -2.85. The Morgan fingerprint density at radius 1 is 1.24 bits per heavy atom. The van der Waals surface area contributed by atoms with Gasteiger partial charge in [-0.25, -0.2) is 8.42 Å². The van der Waals surface area contributed by atoms with Crippen LogP contribution in [0.25, 0.3) is 0 Å². The molecule has 0 saturated carbocycles. The molecule has 0 aromatic carbocycles. The molecule has 1 atom stereocenters.